The molecule has 31 heavy (non-hydrogen) atoms. The maximum absolute atomic E-state index is 13.2. The summed E-state index contributed by atoms with van der Waals surface area (Å²) in [6, 6.07) is 13.3. The van der Waals surface area contributed by atoms with Gasteiger partial charge in [-0.15, -0.1) is 0 Å². The van der Waals surface area contributed by atoms with Crippen molar-refractivity contribution >= 4 is 28.9 Å². The van der Waals surface area contributed by atoms with E-state index in [4.69, 9.17) is 16.6 Å². The Hall–Kier alpha value is -2.92. The van der Waals surface area contributed by atoms with Crippen LogP contribution in [0, 0.1) is 5.82 Å². The smallest absolute Gasteiger partial charge is 0.252 e. The van der Waals surface area contributed by atoms with E-state index in [1.807, 2.05) is 30.3 Å². The second-order valence-electron chi connectivity index (χ2n) is 8.42. The number of hydrogen-bond donors (Lipinski definition) is 2. The predicted molar refractivity (Wildman–Crippen MR) is 122 cm³/mol. The molecule has 0 bridgehead atoms. The summed E-state index contributed by atoms with van der Waals surface area (Å²) in [6.45, 7) is 0. The third-order valence-corrected chi connectivity index (χ3v) is 6.43. The van der Waals surface area contributed by atoms with Crippen molar-refractivity contribution in [3.8, 4) is 0 Å². The van der Waals surface area contributed by atoms with Crippen LogP contribution >= 0.6 is 11.6 Å². The van der Waals surface area contributed by atoms with Gasteiger partial charge in [-0.3, -0.25) is 9.79 Å². The second kappa shape index (κ2) is 7.65. The van der Waals surface area contributed by atoms with Crippen LogP contribution in [-0.4, -0.2) is 22.8 Å². The molecular weight excluding hydrogens is 413 g/mol. The van der Waals surface area contributed by atoms with E-state index < -0.39 is 11.2 Å². The van der Waals surface area contributed by atoms with Crippen LogP contribution < -0.4 is 10.6 Å². The van der Waals surface area contributed by atoms with E-state index in [1.165, 1.54) is 24.3 Å². The van der Waals surface area contributed by atoms with E-state index >= 15 is 0 Å². The number of nitrogens with one attached hydrogen (secondary N) is 2. The summed E-state index contributed by atoms with van der Waals surface area (Å²) in [4.78, 5) is 18.0. The third kappa shape index (κ3) is 3.90. The molecule has 1 atom stereocenters. The zero-order valence-electron chi connectivity index (χ0n) is 17.0. The summed E-state index contributed by atoms with van der Waals surface area (Å²) in [6.07, 6.45) is 10.9. The van der Waals surface area contributed by atoms with Crippen LogP contribution in [0.25, 0.3) is 0 Å². The van der Waals surface area contributed by atoms with Crippen LogP contribution in [0.4, 0.5) is 10.1 Å². The summed E-state index contributed by atoms with van der Waals surface area (Å²) < 4.78 is 13.2. The molecule has 2 aliphatic carbocycles. The Morgan fingerprint density at radius 3 is 2.61 bits per heavy atom. The first-order chi connectivity index (χ1) is 15.0. The monoisotopic (exact) mass is 435 g/mol. The number of benzene rings is 2. The van der Waals surface area contributed by atoms with Crippen LogP contribution in [0.3, 0.4) is 0 Å². The van der Waals surface area contributed by atoms with Gasteiger partial charge in [0, 0.05) is 16.3 Å². The fourth-order valence-electron chi connectivity index (χ4n) is 4.36. The van der Waals surface area contributed by atoms with Gasteiger partial charge in [0.2, 0.25) is 0 Å². The van der Waals surface area contributed by atoms with Crippen LogP contribution in [0.5, 0.6) is 0 Å². The van der Waals surface area contributed by atoms with E-state index in [-0.39, 0.29) is 11.7 Å². The Morgan fingerprint density at radius 2 is 1.87 bits per heavy atom. The van der Waals surface area contributed by atoms with Crippen molar-refractivity contribution in [2.45, 2.75) is 43.3 Å². The number of amides is 1. The third-order valence-electron chi connectivity index (χ3n) is 6.19. The molecule has 1 amide bonds. The minimum absolute atomic E-state index is 0.213. The van der Waals surface area contributed by atoms with Crippen LogP contribution in [0.2, 0.25) is 5.02 Å². The fourth-order valence-corrected chi connectivity index (χ4v) is 4.55. The molecule has 3 aliphatic rings. The van der Waals surface area contributed by atoms with Crippen LogP contribution in [0.15, 0.2) is 77.3 Å². The van der Waals surface area contributed by atoms with Gasteiger partial charge in [-0.2, -0.15) is 0 Å². The minimum Gasteiger partial charge on any atom is -0.358 e. The van der Waals surface area contributed by atoms with E-state index in [2.05, 4.69) is 22.8 Å². The van der Waals surface area contributed by atoms with Crippen molar-refractivity contribution in [3.63, 3.8) is 0 Å². The number of anilines is 1. The highest BCUT2D eigenvalue weighted by Crippen LogP contribution is 2.44. The first-order valence-corrected chi connectivity index (χ1v) is 11.0. The average molecular weight is 436 g/mol. The lowest BCUT2D eigenvalue weighted by Crippen LogP contribution is -2.48. The van der Waals surface area contributed by atoms with Gasteiger partial charge >= 0.3 is 0 Å². The first-order valence-electron chi connectivity index (χ1n) is 10.6. The molecule has 2 N–H and O–H groups in total. The lowest BCUT2D eigenvalue weighted by Gasteiger charge is -2.39. The molecule has 0 spiro atoms. The standard InChI is InChI=1S/C25H23ClFN3O/c26-19-5-3-6-21(16-19)28-25-13-2-1-4-18(25)9-12-22(29-25)24(14-15-24)30-23(31)17-7-10-20(27)11-8-17/h3-12,16,28H,1-2,13-15H2,(H,30,31). The molecule has 1 fully saturated rings. The number of rotatable bonds is 5. The van der Waals surface area contributed by atoms with Gasteiger partial charge < -0.3 is 10.6 Å². The summed E-state index contributed by atoms with van der Waals surface area (Å²) in [5, 5.41) is 7.43. The van der Waals surface area contributed by atoms with Crippen LogP contribution in [0.1, 0.15) is 42.5 Å². The molecule has 2 aromatic carbocycles. The summed E-state index contributed by atoms with van der Waals surface area (Å²) in [5.74, 6) is -0.571. The summed E-state index contributed by atoms with van der Waals surface area (Å²) >= 11 is 6.20. The molecule has 1 unspecified atom stereocenters. The number of nitrogens with zero attached hydrogens (tertiary/aromatic N) is 1. The second-order valence-corrected chi connectivity index (χ2v) is 8.86. The molecule has 1 aliphatic heterocycles. The lowest BCUT2D eigenvalue weighted by molar-refractivity contribution is 0.0943. The fraction of sp³-hybridized carbons (Fsp3) is 0.280. The Kier molecular flexibility index (Phi) is 4.94. The topological polar surface area (TPSA) is 53.5 Å². The molecule has 0 saturated heterocycles. The number of allylic oxidation sites excluding steroid dienone is 1. The lowest BCUT2D eigenvalue weighted by atomic mass is 9.84. The van der Waals surface area contributed by atoms with E-state index in [1.54, 1.807) is 0 Å². The van der Waals surface area contributed by atoms with Gasteiger partial charge in [0.05, 0.1) is 11.3 Å². The average Bonchev–Trinajstić information content (AvgIpc) is 3.54. The number of halogens is 2. The Labute approximate surface area is 185 Å². The van der Waals surface area contributed by atoms with Gasteiger partial charge in [-0.05, 0) is 86.2 Å². The first kappa shape index (κ1) is 20.0. The van der Waals surface area contributed by atoms with E-state index in [0.717, 1.165) is 49.1 Å². The Bertz CT molecular complexity index is 1120. The molecule has 1 heterocycles. The molecule has 5 rings (SSSR count). The highest BCUT2D eigenvalue weighted by molar-refractivity contribution is 6.30. The highest BCUT2D eigenvalue weighted by atomic mass is 35.5. The van der Waals surface area contributed by atoms with Gasteiger partial charge in [0.25, 0.3) is 5.91 Å². The number of hydrogen-bond acceptors (Lipinski definition) is 3. The maximum Gasteiger partial charge on any atom is 0.252 e. The normalized spacial score (nSPS) is 23.3. The van der Waals surface area contributed by atoms with Gasteiger partial charge in [-0.1, -0.05) is 29.8 Å². The van der Waals surface area contributed by atoms with Crippen molar-refractivity contribution in [1.82, 2.24) is 5.32 Å². The zero-order valence-corrected chi connectivity index (χ0v) is 17.8. The Balaban J connectivity index is 1.44. The number of aliphatic imine (C=N–C) groups is 1. The van der Waals surface area contributed by atoms with Gasteiger partial charge in [0.1, 0.15) is 5.82 Å². The summed E-state index contributed by atoms with van der Waals surface area (Å²) in [5.41, 5.74) is 2.33. The predicted octanol–water partition coefficient (Wildman–Crippen LogP) is 5.67. The molecule has 2 aromatic rings. The number of dihydropyridines is 1. The zero-order chi connectivity index (χ0) is 21.5. The molecule has 0 aromatic heterocycles. The SMILES string of the molecule is O=C(NC1(C2=NC3(Nc4cccc(Cl)c4)CCCC=C3C=C2)CC1)c1ccc(F)cc1. The molecule has 1 saturated carbocycles. The van der Waals surface area contributed by atoms with Crippen molar-refractivity contribution in [2.75, 3.05) is 5.32 Å². The van der Waals surface area contributed by atoms with Crippen molar-refractivity contribution in [3.05, 3.63) is 88.7 Å². The van der Waals surface area contributed by atoms with Crippen molar-refractivity contribution in [2.24, 2.45) is 4.99 Å². The molecule has 4 nitrogen and oxygen atoms in total. The molecule has 6 heteroatoms. The molecular formula is C25H23ClFN3O. The largest absolute Gasteiger partial charge is 0.358 e. The molecule has 0 radical (unpaired) electrons. The van der Waals surface area contributed by atoms with Gasteiger partial charge in [-0.25, -0.2) is 4.39 Å². The number of carbonyl (C=O) groups excluding carboxylic acids is 1. The van der Waals surface area contributed by atoms with Crippen molar-refractivity contribution < 1.29 is 9.18 Å². The quantitative estimate of drug-likeness (QED) is 0.635. The summed E-state index contributed by atoms with van der Waals surface area (Å²) in [7, 11) is 0. The van der Waals surface area contributed by atoms with Crippen LogP contribution in [-0.2, 0) is 0 Å². The number of fused-ring (bicyclic) bond motifs is 1. The molecule has 158 valence electrons. The highest BCUT2D eigenvalue weighted by Gasteiger charge is 2.50. The van der Waals surface area contributed by atoms with Gasteiger partial charge in [0.15, 0.2) is 5.66 Å². The Morgan fingerprint density at radius 1 is 1.06 bits per heavy atom. The number of carbonyl (C=O) groups is 1. The van der Waals surface area contributed by atoms with E-state index in [9.17, 15) is 9.18 Å². The van der Waals surface area contributed by atoms with Crippen molar-refractivity contribution in [1.29, 1.82) is 0 Å². The maximum atomic E-state index is 13.2. The minimum atomic E-state index is -0.566. The van der Waals surface area contributed by atoms with E-state index in [0.29, 0.717) is 10.6 Å².